The van der Waals surface area contributed by atoms with Crippen LogP contribution in [0.1, 0.15) is 33.1 Å². The van der Waals surface area contributed by atoms with E-state index in [1.54, 1.807) is 0 Å². The Kier molecular flexibility index (Phi) is 4.22. The quantitative estimate of drug-likeness (QED) is 0.746. The molecular weight excluding hydrogens is 202 g/mol. The van der Waals surface area contributed by atoms with Crippen LogP contribution in [0.5, 0.6) is 0 Å². The van der Waals surface area contributed by atoms with Gasteiger partial charge in [-0.1, -0.05) is 19.3 Å². The van der Waals surface area contributed by atoms with Gasteiger partial charge in [0.25, 0.3) is 0 Å². The van der Waals surface area contributed by atoms with Crippen LogP contribution in [0.4, 0.5) is 0 Å². The molecule has 1 N–H and O–H groups in total. The Bertz CT molecular complexity index is 210. The minimum Gasteiger partial charge on any atom is -0.389 e. The van der Waals surface area contributed by atoms with Gasteiger partial charge >= 0.3 is 0 Å². The van der Waals surface area contributed by atoms with E-state index in [-0.39, 0.29) is 12.2 Å². The lowest BCUT2D eigenvalue weighted by Crippen LogP contribution is -2.53. The van der Waals surface area contributed by atoms with Crippen LogP contribution in [0.3, 0.4) is 0 Å². The van der Waals surface area contributed by atoms with Crippen molar-refractivity contribution in [2.75, 3.05) is 26.2 Å². The molecule has 2 fully saturated rings. The highest BCUT2D eigenvalue weighted by molar-refractivity contribution is 4.89. The van der Waals surface area contributed by atoms with Gasteiger partial charge in [0.2, 0.25) is 0 Å². The molecule has 0 aromatic heterocycles. The molecule has 0 spiro atoms. The van der Waals surface area contributed by atoms with E-state index in [1.165, 1.54) is 32.4 Å². The van der Waals surface area contributed by atoms with Crippen LogP contribution in [0, 0.1) is 11.8 Å². The molecule has 1 heterocycles. The van der Waals surface area contributed by atoms with Crippen LogP contribution >= 0.6 is 0 Å². The van der Waals surface area contributed by atoms with Crippen LogP contribution < -0.4 is 0 Å². The molecule has 1 aliphatic carbocycles. The zero-order chi connectivity index (χ0) is 11.5. The maximum absolute atomic E-state index is 9.76. The van der Waals surface area contributed by atoms with Crippen molar-refractivity contribution in [2.24, 2.45) is 11.8 Å². The van der Waals surface area contributed by atoms with E-state index in [0.717, 1.165) is 18.4 Å². The molecule has 1 saturated heterocycles. The topological polar surface area (TPSA) is 32.7 Å². The second kappa shape index (κ2) is 5.48. The molecule has 2 aliphatic rings. The summed E-state index contributed by atoms with van der Waals surface area (Å²) >= 11 is 0. The van der Waals surface area contributed by atoms with E-state index in [4.69, 9.17) is 4.74 Å². The molecule has 0 bridgehead atoms. The van der Waals surface area contributed by atoms with Crippen LogP contribution in [0.2, 0.25) is 0 Å². The monoisotopic (exact) mass is 227 g/mol. The smallest absolute Gasteiger partial charge is 0.0900 e. The van der Waals surface area contributed by atoms with E-state index in [1.807, 2.05) is 13.8 Å². The van der Waals surface area contributed by atoms with E-state index < -0.39 is 0 Å². The van der Waals surface area contributed by atoms with E-state index >= 15 is 0 Å². The Morgan fingerprint density at radius 2 is 1.94 bits per heavy atom. The SMILES string of the molecule is CC(C)OC[C@@H](O)CN1CC(C2CCC2)C1. The molecule has 0 aromatic rings. The van der Waals surface area contributed by atoms with Crippen LogP contribution in [-0.4, -0.2) is 48.5 Å². The zero-order valence-electron chi connectivity index (χ0n) is 10.6. The van der Waals surface area contributed by atoms with Gasteiger partial charge in [0.15, 0.2) is 0 Å². The van der Waals surface area contributed by atoms with Crippen molar-refractivity contribution in [3.05, 3.63) is 0 Å². The van der Waals surface area contributed by atoms with Crippen molar-refractivity contribution in [3.63, 3.8) is 0 Å². The third-order valence-corrected chi connectivity index (χ3v) is 3.89. The molecular formula is C13H25NO2. The molecule has 3 heteroatoms. The van der Waals surface area contributed by atoms with Gasteiger partial charge in [0.05, 0.1) is 18.8 Å². The van der Waals surface area contributed by atoms with Crippen molar-refractivity contribution >= 4 is 0 Å². The number of hydrogen-bond donors (Lipinski definition) is 1. The van der Waals surface area contributed by atoms with E-state index in [2.05, 4.69) is 4.90 Å². The minimum absolute atomic E-state index is 0.216. The molecule has 1 atom stereocenters. The summed E-state index contributed by atoms with van der Waals surface area (Å²) in [5.41, 5.74) is 0. The van der Waals surface area contributed by atoms with Crippen molar-refractivity contribution < 1.29 is 9.84 Å². The average Bonchev–Trinajstić information content (AvgIpc) is 2.08. The van der Waals surface area contributed by atoms with Gasteiger partial charge in [-0.15, -0.1) is 0 Å². The lowest BCUT2D eigenvalue weighted by atomic mass is 9.72. The molecule has 0 unspecified atom stereocenters. The molecule has 16 heavy (non-hydrogen) atoms. The first kappa shape index (κ1) is 12.3. The predicted octanol–water partition coefficient (Wildman–Crippen LogP) is 1.50. The second-order valence-corrected chi connectivity index (χ2v) is 5.71. The van der Waals surface area contributed by atoms with Gasteiger partial charge in [0.1, 0.15) is 0 Å². The minimum atomic E-state index is -0.315. The summed E-state index contributed by atoms with van der Waals surface area (Å²) in [5.74, 6) is 1.92. The molecule has 3 nitrogen and oxygen atoms in total. The van der Waals surface area contributed by atoms with Crippen LogP contribution in [0.25, 0.3) is 0 Å². The molecule has 94 valence electrons. The number of aliphatic hydroxyl groups is 1. The van der Waals surface area contributed by atoms with Gasteiger partial charge in [-0.3, -0.25) is 0 Å². The van der Waals surface area contributed by atoms with Gasteiger partial charge in [-0.05, 0) is 25.7 Å². The van der Waals surface area contributed by atoms with Crippen molar-refractivity contribution in [1.29, 1.82) is 0 Å². The summed E-state index contributed by atoms with van der Waals surface area (Å²) in [6, 6.07) is 0. The Morgan fingerprint density at radius 1 is 1.25 bits per heavy atom. The molecule has 0 amide bonds. The number of aliphatic hydroxyl groups excluding tert-OH is 1. The number of ether oxygens (including phenoxy) is 1. The average molecular weight is 227 g/mol. The standard InChI is InChI=1S/C13H25NO2/c1-10(2)16-9-13(15)8-14-6-12(7-14)11-4-3-5-11/h10-13,15H,3-9H2,1-2H3/t13-/m0/s1. The maximum atomic E-state index is 9.76. The normalized spacial score (nSPS) is 25.5. The lowest BCUT2D eigenvalue weighted by molar-refractivity contribution is -0.0413. The largest absolute Gasteiger partial charge is 0.389 e. The van der Waals surface area contributed by atoms with Crippen LogP contribution in [0.15, 0.2) is 0 Å². The highest BCUT2D eigenvalue weighted by Gasteiger charge is 2.36. The molecule has 0 aromatic carbocycles. The lowest BCUT2D eigenvalue weighted by Gasteiger charge is -2.47. The summed E-state index contributed by atoms with van der Waals surface area (Å²) in [5, 5.41) is 9.76. The highest BCUT2D eigenvalue weighted by atomic mass is 16.5. The fraction of sp³-hybridized carbons (Fsp3) is 1.00. The maximum Gasteiger partial charge on any atom is 0.0900 e. The van der Waals surface area contributed by atoms with Gasteiger partial charge in [0, 0.05) is 19.6 Å². The third kappa shape index (κ3) is 3.19. The second-order valence-electron chi connectivity index (χ2n) is 5.71. The molecule has 0 radical (unpaired) electrons. The van der Waals surface area contributed by atoms with E-state index in [9.17, 15) is 5.11 Å². The zero-order valence-corrected chi connectivity index (χ0v) is 10.6. The summed E-state index contributed by atoms with van der Waals surface area (Å²) in [4.78, 5) is 2.36. The first-order valence-corrected chi connectivity index (χ1v) is 6.67. The fourth-order valence-electron chi connectivity index (χ4n) is 2.62. The predicted molar refractivity (Wildman–Crippen MR) is 64.4 cm³/mol. The summed E-state index contributed by atoms with van der Waals surface area (Å²) in [7, 11) is 0. The van der Waals surface area contributed by atoms with Gasteiger partial charge < -0.3 is 14.7 Å². The first-order valence-electron chi connectivity index (χ1n) is 6.67. The molecule has 1 aliphatic heterocycles. The molecule has 1 saturated carbocycles. The van der Waals surface area contributed by atoms with Crippen LogP contribution in [-0.2, 0) is 4.74 Å². The van der Waals surface area contributed by atoms with Crippen molar-refractivity contribution in [2.45, 2.75) is 45.3 Å². The number of rotatable bonds is 6. The first-order chi connectivity index (χ1) is 7.65. The number of hydrogen-bond acceptors (Lipinski definition) is 3. The highest BCUT2D eigenvalue weighted by Crippen LogP contribution is 2.37. The summed E-state index contributed by atoms with van der Waals surface area (Å²) < 4.78 is 5.40. The Morgan fingerprint density at radius 3 is 2.44 bits per heavy atom. The Labute approximate surface area is 98.8 Å². The Hall–Kier alpha value is -0.120. The summed E-state index contributed by atoms with van der Waals surface area (Å²) in [6.07, 6.45) is 4.22. The number of β-amino-alcohol motifs (C(OH)–C–C–N with tert-alkyl or cyclic N) is 1. The Balaban J connectivity index is 1.54. The van der Waals surface area contributed by atoms with E-state index in [0.29, 0.717) is 6.61 Å². The van der Waals surface area contributed by atoms with Gasteiger partial charge in [-0.25, -0.2) is 0 Å². The van der Waals surface area contributed by atoms with Crippen molar-refractivity contribution in [1.82, 2.24) is 4.90 Å². The molecule has 2 rings (SSSR count). The summed E-state index contributed by atoms with van der Waals surface area (Å²) in [6.45, 7) is 7.66. The fourth-order valence-corrected chi connectivity index (χ4v) is 2.62. The number of nitrogens with zero attached hydrogens (tertiary/aromatic N) is 1. The van der Waals surface area contributed by atoms with Crippen molar-refractivity contribution in [3.8, 4) is 0 Å². The third-order valence-electron chi connectivity index (χ3n) is 3.89. The number of likely N-dealkylation sites (tertiary alicyclic amines) is 1. The van der Waals surface area contributed by atoms with Gasteiger partial charge in [-0.2, -0.15) is 0 Å².